The second-order valence-electron chi connectivity index (χ2n) is 6.80. The van der Waals surface area contributed by atoms with Gasteiger partial charge in [0.15, 0.2) is 0 Å². The van der Waals surface area contributed by atoms with Gasteiger partial charge in [-0.05, 0) is 24.5 Å². The Morgan fingerprint density at radius 3 is 2.41 bits per heavy atom. The molecular weight excluding hydrogens is 340 g/mol. The van der Waals surface area contributed by atoms with E-state index < -0.39 is 5.41 Å². The summed E-state index contributed by atoms with van der Waals surface area (Å²) >= 11 is 0. The highest BCUT2D eigenvalue weighted by atomic mass is 16.5. The standard InChI is InChI=1S/C22H24N2O3/c1-26-19-9-8-17(20(15-19)27-2)14-21(25)24-12-10-22(16-23,11-13-24)18-6-4-3-5-7-18/h3-9,15H,10-14H2,1-2H3. The number of piperidine rings is 1. The van der Waals surface area contributed by atoms with Gasteiger partial charge in [-0.3, -0.25) is 4.79 Å². The third kappa shape index (κ3) is 3.90. The molecule has 3 rings (SSSR count). The zero-order valence-corrected chi connectivity index (χ0v) is 15.8. The summed E-state index contributed by atoms with van der Waals surface area (Å²) in [5, 5.41) is 9.79. The molecule has 2 aromatic carbocycles. The Bertz CT molecular complexity index is 834. The lowest BCUT2D eigenvalue weighted by molar-refractivity contribution is -0.131. The highest BCUT2D eigenvalue weighted by Crippen LogP contribution is 2.35. The number of carbonyl (C=O) groups is 1. The van der Waals surface area contributed by atoms with E-state index in [1.807, 2.05) is 47.4 Å². The van der Waals surface area contributed by atoms with Gasteiger partial charge in [-0.25, -0.2) is 0 Å². The lowest BCUT2D eigenvalue weighted by Crippen LogP contribution is -2.45. The number of benzene rings is 2. The Labute approximate surface area is 160 Å². The topological polar surface area (TPSA) is 62.6 Å². The highest BCUT2D eigenvalue weighted by Gasteiger charge is 2.37. The number of amides is 1. The van der Waals surface area contributed by atoms with Gasteiger partial charge in [0.05, 0.1) is 32.1 Å². The van der Waals surface area contributed by atoms with E-state index in [-0.39, 0.29) is 12.3 Å². The van der Waals surface area contributed by atoms with Crippen LogP contribution in [0, 0.1) is 11.3 Å². The molecule has 0 unspecified atom stereocenters. The minimum atomic E-state index is -0.504. The van der Waals surface area contributed by atoms with E-state index in [1.54, 1.807) is 20.3 Å². The maximum absolute atomic E-state index is 12.8. The van der Waals surface area contributed by atoms with Gasteiger partial charge in [0.2, 0.25) is 5.91 Å². The third-order valence-corrected chi connectivity index (χ3v) is 5.35. The van der Waals surface area contributed by atoms with Crippen LogP contribution >= 0.6 is 0 Å². The average molecular weight is 364 g/mol. The summed E-state index contributed by atoms with van der Waals surface area (Å²) in [5.74, 6) is 1.40. The molecule has 2 aromatic rings. The van der Waals surface area contributed by atoms with Crippen LogP contribution in [-0.4, -0.2) is 38.1 Å². The SMILES string of the molecule is COc1ccc(CC(=O)N2CCC(C#N)(c3ccccc3)CC2)c(OC)c1. The number of nitriles is 1. The largest absolute Gasteiger partial charge is 0.497 e. The predicted octanol–water partition coefficient (Wildman–Crippen LogP) is 3.33. The summed E-state index contributed by atoms with van der Waals surface area (Å²) in [6, 6.07) is 17.9. The van der Waals surface area contributed by atoms with Crippen LogP contribution in [-0.2, 0) is 16.6 Å². The smallest absolute Gasteiger partial charge is 0.227 e. The van der Waals surface area contributed by atoms with Gasteiger partial charge < -0.3 is 14.4 Å². The van der Waals surface area contributed by atoms with E-state index in [1.165, 1.54) is 0 Å². The Morgan fingerprint density at radius 1 is 1.11 bits per heavy atom. The Hall–Kier alpha value is -3.00. The molecule has 0 N–H and O–H groups in total. The van der Waals surface area contributed by atoms with Crippen LogP contribution in [0.15, 0.2) is 48.5 Å². The maximum atomic E-state index is 12.8. The van der Waals surface area contributed by atoms with Gasteiger partial charge in [-0.1, -0.05) is 36.4 Å². The molecule has 1 aliphatic heterocycles. The van der Waals surface area contributed by atoms with E-state index in [0.717, 1.165) is 11.1 Å². The number of ether oxygens (including phenoxy) is 2. The second-order valence-corrected chi connectivity index (χ2v) is 6.80. The summed E-state index contributed by atoms with van der Waals surface area (Å²) in [7, 11) is 3.19. The number of carbonyl (C=O) groups excluding carboxylic acids is 1. The van der Waals surface area contributed by atoms with E-state index in [9.17, 15) is 10.1 Å². The molecule has 0 atom stereocenters. The van der Waals surface area contributed by atoms with Gasteiger partial charge in [0.25, 0.3) is 0 Å². The Balaban J connectivity index is 1.68. The van der Waals surface area contributed by atoms with Crippen LogP contribution < -0.4 is 9.47 Å². The van der Waals surface area contributed by atoms with Crippen LogP contribution in [0.25, 0.3) is 0 Å². The molecule has 0 saturated carbocycles. The quantitative estimate of drug-likeness (QED) is 0.816. The zero-order valence-electron chi connectivity index (χ0n) is 15.8. The fourth-order valence-electron chi connectivity index (χ4n) is 3.63. The monoisotopic (exact) mass is 364 g/mol. The molecule has 0 bridgehead atoms. The summed E-state index contributed by atoms with van der Waals surface area (Å²) in [5.41, 5.74) is 1.37. The van der Waals surface area contributed by atoms with E-state index >= 15 is 0 Å². The van der Waals surface area contributed by atoms with E-state index in [4.69, 9.17) is 9.47 Å². The molecule has 0 spiro atoms. The lowest BCUT2D eigenvalue weighted by atomic mass is 9.74. The molecule has 0 aromatic heterocycles. The van der Waals surface area contributed by atoms with Gasteiger partial charge in [0.1, 0.15) is 11.5 Å². The fourth-order valence-corrected chi connectivity index (χ4v) is 3.63. The zero-order chi connectivity index (χ0) is 19.3. The number of hydrogen-bond donors (Lipinski definition) is 0. The highest BCUT2D eigenvalue weighted by molar-refractivity contribution is 5.79. The normalized spacial score (nSPS) is 15.7. The van der Waals surface area contributed by atoms with Crippen molar-refractivity contribution in [2.45, 2.75) is 24.7 Å². The van der Waals surface area contributed by atoms with Gasteiger partial charge in [0, 0.05) is 24.7 Å². The van der Waals surface area contributed by atoms with Crippen LogP contribution in [0.2, 0.25) is 0 Å². The van der Waals surface area contributed by atoms with E-state index in [2.05, 4.69) is 6.07 Å². The molecule has 1 saturated heterocycles. The van der Waals surface area contributed by atoms with Crippen LogP contribution in [0.4, 0.5) is 0 Å². The Morgan fingerprint density at radius 2 is 1.81 bits per heavy atom. The van der Waals surface area contributed by atoms with Crippen molar-refractivity contribution in [3.05, 3.63) is 59.7 Å². The third-order valence-electron chi connectivity index (χ3n) is 5.35. The number of hydrogen-bond acceptors (Lipinski definition) is 4. The van der Waals surface area contributed by atoms with Crippen molar-refractivity contribution in [1.29, 1.82) is 5.26 Å². The Kier molecular flexibility index (Phi) is 5.66. The molecule has 140 valence electrons. The van der Waals surface area contributed by atoms with Crippen LogP contribution in [0.5, 0.6) is 11.5 Å². The van der Waals surface area contributed by atoms with Crippen molar-refractivity contribution < 1.29 is 14.3 Å². The number of rotatable bonds is 5. The van der Waals surface area contributed by atoms with Crippen molar-refractivity contribution in [1.82, 2.24) is 4.90 Å². The van der Waals surface area contributed by atoms with Crippen molar-refractivity contribution in [2.75, 3.05) is 27.3 Å². The number of methoxy groups -OCH3 is 2. The van der Waals surface area contributed by atoms with Crippen molar-refractivity contribution in [3.63, 3.8) is 0 Å². The first-order valence-electron chi connectivity index (χ1n) is 9.07. The molecule has 5 heteroatoms. The van der Waals surface area contributed by atoms with Gasteiger partial charge in [-0.15, -0.1) is 0 Å². The molecule has 1 fully saturated rings. The van der Waals surface area contributed by atoms with Crippen LogP contribution in [0.3, 0.4) is 0 Å². The number of likely N-dealkylation sites (tertiary alicyclic amines) is 1. The molecule has 27 heavy (non-hydrogen) atoms. The maximum Gasteiger partial charge on any atom is 0.227 e. The first-order valence-corrected chi connectivity index (χ1v) is 9.07. The van der Waals surface area contributed by atoms with Crippen molar-refractivity contribution in [2.24, 2.45) is 0 Å². The minimum Gasteiger partial charge on any atom is -0.497 e. The average Bonchev–Trinajstić information content (AvgIpc) is 2.74. The second kappa shape index (κ2) is 8.13. The molecule has 0 radical (unpaired) electrons. The summed E-state index contributed by atoms with van der Waals surface area (Å²) in [6.07, 6.45) is 1.58. The molecule has 1 aliphatic rings. The van der Waals surface area contributed by atoms with Crippen molar-refractivity contribution >= 4 is 5.91 Å². The fraction of sp³-hybridized carbons (Fsp3) is 0.364. The predicted molar refractivity (Wildman–Crippen MR) is 103 cm³/mol. The summed E-state index contributed by atoms with van der Waals surface area (Å²) < 4.78 is 10.6. The molecular formula is C22H24N2O3. The first-order chi connectivity index (χ1) is 13.1. The molecule has 0 aliphatic carbocycles. The molecule has 5 nitrogen and oxygen atoms in total. The lowest BCUT2D eigenvalue weighted by Gasteiger charge is -2.37. The van der Waals surface area contributed by atoms with Gasteiger partial charge >= 0.3 is 0 Å². The minimum absolute atomic E-state index is 0.0538. The summed E-state index contributed by atoms with van der Waals surface area (Å²) in [6.45, 7) is 1.17. The van der Waals surface area contributed by atoms with E-state index in [0.29, 0.717) is 37.4 Å². The van der Waals surface area contributed by atoms with Crippen LogP contribution in [0.1, 0.15) is 24.0 Å². The molecule has 1 amide bonds. The van der Waals surface area contributed by atoms with Crippen molar-refractivity contribution in [3.8, 4) is 17.6 Å². The summed E-state index contributed by atoms with van der Waals surface area (Å²) in [4.78, 5) is 14.6. The molecule has 1 heterocycles. The number of nitrogens with zero attached hydrogens (tertiary/aromatic N) is 2. The van der Waals surface area contributed by atoms with Gasteiger partial charge in [-0.2, -0.15) is 5.26 Å². The first kappa shape index (κ1) is 18.8.